The number of hydrogen-bond donors (Lipinski definition) is 0. The maximum Gasteiger partial charge on any atom is 0.163 e. The summed E-state index contributed by atoms with van der Waals surface area (Å²) in [6.07, 6.45) is 0.411. The maximum atomic E-state index is 13.0. The van der Waals surface area contributed by atoms with Crippen molar-refractivity contribution in [2.75, 3.05) is 11.5 Å². The van der Waals surface area contributed by atoms with Gasteiger partial charge < -0.3 is 0 Å². The lowest BCUT2D eigenvalue weighted by molar-refractivity contribution is 0.0981. The van der Waals surface area contributed by atoms with Crippen LogP contribution in [0, 0.1) is 12.7 Å². The van der Waals surface area contributed by atoms with Crippen molar-refractivity contribution >= 4 is 15.6 Å². The molecule has 1 aromatic carbocycles. The predicted molar refractivity (Wildman–Crippen MR) is 69.0 cm³/mol. The van der Waals surface area contributed by atoms with Crippen molar-refractivity contribution in [1.29, 1.82) is 0 Å². The van der Waals surface area contributed by atoms with Gasteiger partial charge in [-0.25, -0.2) is 12.8 Å². The number of rotatable bonds is 6. The highest BCUT2D eigenvalue weighted by molar-refractivity contribution is 7.91. The highest BCUT2D eigenvalue weighted by atomic mass is 32.2. The molecule has 0 aliphatic rings. The van der Waals surface area contributed by atoms with Crippen molar-refractivity contribution in [1.82, 2.24) is 0 Å². The fraction of sp³-hybridized carbons (Fsp3) is 0.462. The molecule has 0 atom stereocenters. The summed E-state index contributed by atoms with van der Waals surface area (Å²) >= 11 is 0. The molecule has 0 fully saturated rings. The highest BCUT2D eigenvalue weighted by Gasteiger charge is 2.12. The van der Waals surface area contributed by atoms with Crippen LogP contribution in [-0.4, -0.2) is 25.7 Å². The smallest absolute Gasteiger partial charge is 0.163 e. The van der Waals surface area contributed by atoms with Crippen LogP contribution < -0.4 is 0 Å². The van der Waals surface area contributed by atoms with E-state index < -0.39 is 15.7 Å². The molecule has 0 N–H and O–H groups in total. The first-order chi connectivity index (χ1) is 8.35. The van der Waals surface area contributed by atoms with Crippen LogP contribution in [0.2, 0.25) is 0 Å². The zero-order chi connectivity index (χ0) is 13.8. The molecule has 0 saturated carbocycles. The molecule has 0 amide bonds. The van der Waals surface area contributed by atoms with Crippen LogP contribution >= 0.6 is 0 Å². The van der Waals surface area contributed by atoms with Crippen LogP contribution in [0.15, 0.2) is 18.2 Å². The van der Waals surface area contributed by atoms with E-state index in [1.54, 1.807) is 19.9 Å². The standard InChI is InChI=1S/C13H17FO3S/c1-3-18(16,17)8-4-5-13(15)12-9-11(14)7-6-10(12)2/h6-7,9H,3-5,8H2,1-2H3. The first-order valence-electron chi connectivity index (χ1n) is 5.85. The van der Waals surface area contributed by atoms with E-state index >= 15 is 0 Å². The Labute approximate surface area is 107 Å². The molecule has 0 unspecified atom stereocenters. The fourth-order valence-electron chi connectivity index (χ4n) is 1.63. The number of benzene rings is 1. The molecule has 0 radical (unpaired) electrons. The minimum absolute atomic E-state index is 0.00357. The first-order valence-corrected chi connectivity index (χ1v) is 7.67. The van der Waals surface area contributed by atoms with Gasteiger partial charge in [0.2, 0.25) is 0 Å². The largest absolute Gasteiger partial charge is 0.294 e. The van der Waals surface area contributed by atoms with Gasteiger partial charge in [0, 0.05) is 17.7 Å². The Balaban J connectivity index is 2.64. The van der Waals surface area contributed by atoms with Crippen LogP contribution in [0.5, 0.6) is 0 Å². The van der Waals surface area contributed by atoms with E-state index in [4.69, 9.17) is 0 Å². The van der Waals surface area contributed by atoms with Crippen molar-refractivity contribution < 1.29 is 17.6 Å². The van der Waals surface area contributed by atoms with Gasteiger partial charge in [-0.1, -0.05) is 13.0 Å². The maximum absolute atomic E-state index is 13.0. The average molecular weight is 272 g/mol. The Morgan fingerprint density at radius 3 is 2.61 bits per heavy atom. The van der Waals surface area contributed by atoms with Gasteiger partial charge in [-0.2, -0.15) is 0 Å². The molecule has 0 aliphatic heterocycles. The normalized spacial score (nSPS) is 11.5. The Bertz CT molecular complexity index is 535. The SMILES string of the molecule is CCS(=O)(=O)CCCC(=O)c1cc(F)ccc1C. The van der Waals surface area contributed by atoms with Crippen LogP contribution in [0.4, 0.5) is 4.39 Å². The number of halogens is 1. The molecule has 0 saturated heterocycles. The summed E-state index contributed by atoms with van der Waals surface area (Å²) in [4.78, 5) is 11.8. The molecule has 1 rings (SSSR count). The molecule has 0 heterocycles. The highest BCUT2D eigenvalue weighted by Crippen LogP contribution is 2.13. The van der Waals surface area contributed by atoms with E-state index in [9.17, 15) is 17.6 Å². The average Bonchev–Trinajstić information content (AvgIpc) is 2.32. The van der Waals surface area contributed by atoms with E-state index in [-0.39, 0.29) is 30.1 Å². The third kappa shape index (κ3) is 4.22. The van der Waals surface area contributed by atoms with Crippen molar-refractivity contribution in [3.8, 4) is 0 Å². The summed E-state index contributed by atoms with van der Waals surface area (Å²) in [7, 11) is -3.04. The van der Waals surface area contributed by atoms with Crippen molar-refractivity contribution in [3.05, 3.63) is 35.1 Å². The van der Waals surface area contributed by atoms with Crippen LogP contribution in [0.1, 0.15) is 35.7 Å². The lowest BCUT2D eigenvalue weighted by Gasteiger charge is -2.05. The first kappa shape index (κ1) is 14.8. The van der Waals surface area contributed by atoms with E-state index in [1.165, 1.54) is 12.1 Å². The van der Waals surface area contributed by atoms with Gasteiger partial charge in [-0.3, -0.25) is 4.79 Å². The second kappa shape index (κ2) is 6.09. The molecular formula is C13H17FO3S. The topological polar surface area (TPSA) is 51.2 Å². The van der Waals surface area contributed by atoms with Crippen molar-refractivity contribution in [2.45, 2.75) is 26.7 Å². The van der Waals surface area contributed by atoms with Gasteiger partial charge >= 0.3 is 0 Å². The second-order valence-electron chi connectivity index (χ2n) is 4.22. The third-order valence-electron chi connectivity index (χ3n) is 2.80. The third-order valence-corrected chi connectivity index (χ3v) is 4.59. The lowest BCUT2D eigenvalue weighted by Crippen LogP contribution is -2.11. The van der Waals surface area contributed by atoms with Gasteiger partial charge in [0.15, 0.2) is 5.78 Å². The Hall–Kier alpha value is -1.23. The minimum atomic E-state index is -3.04. The summed E-state index contributed by atoms with van der Waals surface area (Å²) < 4.78 is 35.6. The van der Waals surface area contributed by atoms with Gasteiger partial charge in [0.25, 0.3) is 0 Å². The molecular weight excluding hydrogens is 255 g/mol. The Morgan fingerprint density at radius 1 is 1.33 bits per heavy atom. The molecule has 18 heavy (non-hydrogen) atoms. The molecule has 0 spiro atoms. The van der Waals surface area contributed by atoms with Crippen LogP contribution in [0.25, 0.3) is 0 Å². The Morgan fingerprint density at radius 2 is 2.00 bits per heavy atom. The minimum Gasteiger partial charge on any atom is -0.294 e. The summed E-state index contributed by atoms with van der Waals surface area (Å²) in [6.45, 7) is 3.31. The van der Waals surface area contributed by atoms with E-state index in [0.29, 0.717) is 11.1 Å². The lowest BCUT2D eigenvalue weighted by atomic mass is 10.0. The summed E-state index contributed by atoms with van der Waals surface area (Å²) in [6, 6.07) is 4.05. The molecule has 3 nitrogen and oxygen atoms in total. The van der Waals surface area contributed by atoms with Crippen LogP contribution in [0.3, 0.4) is 0 Å². The van der Waals surface area contributed by atoms with E-state index in [0.717, 1.165) is 0 Å². The quantitative estimate of drug-likeness (QED) is 0.748. The van der Waals surface area contributed by atoms with Gasteiger partial charge in [-0.15, -0.1) is 0 Å². The molecule has 0 aliphatic carbocycles. The van der Waals surface area contributed by atoms with Gasteiger partial charge in [-0.05, 0) is 31.0 Å². The number of hydrogen-bond acceptors (Lipinski definition) is 3. The number of carbonyl (C=O) groups is 1. The second-order valence-corrected chi connectivity index (χ2v) is 6.70. The Kier molecular flexibility index (Phi) is 5.02. The number of carbonyl (C=O) groups excluding carboxylic acids is 1. The van der Waals surface area contributed by atoms with Gasteiger partial charge in [0.05, 0.1) is 5.75 Å². The molecule has 5 heteroatoms. The molecule has 1 aromatic rings. The number of Topliss-reactive ketones (excluding diaryl/α,β-unsaturated/α-hetero) is 1. The molecule has 100 valence electrons. The van der Waals surface area contributed by atoms with E-state index in [1.807, 2.05) is 0 Å². The number of sulfone groups is 1. The predicted octanol–water partition coefficient (Wildman–Crippen LogP) is 2.53. The zero-order valence-corrected chi connectivity index (χ0v) is 11.4. The number of aryl methyl sites for hydroxylation is 1. The number of ketones is 1. The fourth-order valence-corrected chi connectivity index (χ4v) is 2.50. The van der Waals surface area contributed by atoms with Crippen LogP contribution in [-0.2, 0) is 9.84 Å². The summed E-state index contributed by atoms with van der Waals surface area (Å²) in [5.41, 5.74) is 1.05. The molecule has 0 bridgehead atoms. The van der Waals surface area contributed by atoms with Crippen molar-refractivity contribution in [3.63, 3.8) is 0 Å². The monoisotopic (exact) mass is 272 g/mol. The van der Waals surface area contributed by atoms with Crippen molar-refractivity contribution in [2.24, 2.45) is 0 Å². The van der Waals surface area contributed by atoms with Gasteiger partial charge in [0.1, 0.15) is 15.7 Å². The summed E-state index contributed by atoms with van der Waals surface area (Å²) in [5, 5.41) is 0. The van der Waals surface area contributed by atoms with E-state index in [2.05, 4.69) is 0 Å². The molecule has 0 aromatic heterocycles. The summed E-state index contributed by atoms with van der Waals surface area (Å²) in [5.74, 6) is -0.576. The zero-order valence-electron chi connectivity index (χ0n) is 10.6.